The van der Waals surface area contributed by atoms with Crippen molar-refractivity contribution >= 4 is 57.6 Å². The largest absolute Gasteiger partial charge is 0.497 e. The fourth-order valence-corrected chi connectivity index (χ4v) is 4.98. The average molecular weight is 542 g/mol. The molecule has 0 saturated carbocycles. The maximum Gasteiger partial charge on any atom is 0.323 e. The number of hydrogen-bond acceptors (Lipinski definition) is 8. The van der Waals surface area contributed by atoms with E-state index in [1.54, 1.807) is 49.6 Å². The minimum atomic E-state index is -0.495. The second-order valence-corrected chi connectivity index (χ2v) is 9.41. The summed E-state index contributed by atoms with van der Waals surface area (Å²) in [5.41, 5.74) is 3.89. The van der Waals surface area contributed by atoms with E-state index in [4.69, 9.17) is 11.3 Å². The number of anilines is 2. The van der Waals surface area contributed by atoms with E-state index in [0.29, 0.717) is 44.8 Å². The lowest BCUT2D eigenvalue weighted by Gasteiger charge is -2.09. The summed E-state index contributed by atoms with van der Waals surface area (Å²) in [5, 5.41) is 6.00. The van der Waals surface area contributed by atoms with Gasteiger partial charge < -0.3 is 20.4 Å². The first-order valence-corrected chi connectivity index (χ1v) is 12.9. The maximum absolute atomic E-state index is 12.6. The van der Waals surface area contributed by atoms with E-state index in [-0.39, 0.29) is 11.7 Å². The number of rotatable bonds is 7. The molecule has 0 saturated heterocycles. The molecule has 0 atom stereocenters. The third kappa shape index (κ3) is 5.49. The van der Waals surface area contributed by atoms with E-state index in [1.165, 1.54) is 11.8 Å². The van der Waals surface area contributed by atoms with Gasteiger partial charge >= 0.3 is 6.03 Å². The van der Waals surface area contributed by atoms with Crippen molar-refractivity contribution in [1.29, 1.82) is 0 Å². The number of methoxy groups -OCH3 is 1. The highest BCUT2D eigenvalue weighted by atomic mass is 32.2. The van der Waals surface area contributed by atoms with Crippen LogP contribution in [0.4, 0.5) is 21.9 Å². The first-order valence-electron chi connectivity index (χ1n) is 11.2. The highest BCUT2D eigenvalue weighted by Gasteiger charge is 2.15. The maximum atomic E-state index is 12.6. The number of urea groups is 1. The van der Waals surface area contributed by atoms with Crippen LogP contribution in [0.2, 0.25) is 0 Å². The van der Waals surface area contributed by atoms with Crippen LogP contribution in [0.3, 0.4) is 0 Å². The standard InChI is InChI=1S/C26H19N7O3S2/c1-27-23-21(16-5-3-6-18(13-16)36-2)30-26(31-24(23)34)37-14-15-9-11-17(12-10-15)28-25(35)29-19-7-4-8-20-22(19)33-38-32-20/h3-13H,14H2,2H3,(H2,28,29,35)(H,30,31,34). The predicted octanol–water partition coefficient (Wildman–Crippen LogP) is 5.94. The molecule has 38 heavy (non-hydrogen) atoms. The number of carbonyl (C=O) groups is 1. The molecular weight excluding hydrogens is 522 g/mol. The fraction of sp³-hybridized carbons (Fsp3) is 0.0769. The highest BCUT2D eigenvalue weighted by molar-refractivity contribution is 7.98. The number of ether oxygens (including phenoxy) is 1. The predicted molar refractivity (Wildman–Crippen MR) is 149 cm³/mol. The molecule has 0 aliphatic carbocycles. The van der Waals surface area contributed by atoms with Gasteiger partial charge in [0.1, 0.15) is 16.8 Å². The molecule has 0 bridgehead atoms. The van der Waals surface area contributed by atoms with Gasteiger partial charge in [0.15, 0.2) is 5.16 Å². The summed E-state index contributed by atoms with van der Waals surface area (Å²) in [6.07, 6.45) is 0. The molecule has 0 aliphatic rings. The molecule has 0 fully saturated rings. The third-order valence-electron chi connectivity index (χ3n) is 5.45. The Morgan fingerprint density at radius 1 is 1.11 bits per heavy atom. The van der Waals surface area contributed by atoms with Gasteiger partial charge in [-0.25, -0.2) is 14.6 Å². The topological polar surface area (TPSA) is 126 Å². The Balaban J connectivity index is 1.25. The van der Waals surface area contributed by atoms with Gasteiger partial charge in [0, 0.05) is 11.4 Å². The summed E-state index contributed by atoms with van der Waals surface area (Å²) >= 11 is 2.43. The Morgan fingerprint density at radius 2 is 1.92 bits per heavy atom. The van der Waals surface area contributed by atoms with Crippen molar-refractivity contribution < 1.29 is 9.53 Å². The Hall–Kier alpha value is -4.73. The Kier molecular flexibility index (Phi) is 7.30. The van der Waals surface area contributed by atoms with E-state index in [1.807, 2.05) is 24.3 Å². The van der Waals surface area contributed by atoms with Gasteiger partial charge in [-0.1, -0.05) is 42.1 Å². The van der Waals surface area contributed by atoms with Crippen LogP contribution >= 0.6 is 23.5 Å². The zero-order valence-corrected chi connectivity index (χ0v) is 21.5. The Bertz CT molecular complexity index is 1730. The number of H-pyrrole nitrogens is 1. The number of aromatic amines is 1. The van der Waals surface area contributed by atoms with Crippen LogP contribution in [0.5, 0.6) is 5.75 Å². The first-order chi connectivity index (χ1) is 18.5. The SMILES string of the molecule is [C-]#[N+]c1c(-c2cccc(OC)c2)nc(SCc2ccc(NC(=O)Nc3cccc4nsnc34)cc2)[nH]c1=O. The molecule has 0 radical (unpaired) electrons. The third-order valence-corrected chi connectivity index (χ3v) is 6.94. The fourth-order valence-electron chi connectivity index (χ4n) is 3.62. The van der Waals surface area contributed by atoms with Crippen LogP contribution in [0.15, 0.2) is 76.7 Å². The Labute approximate surface area is 225 Å². The molecule has 2 heterocycles. The molecule has 3 aromatic carbocycles. The van der Waals surface area contributed by atoms with Crippen molar-refractivity contribution in [3.63, 3.8) is 0 Å². The normalized spacial score (nSPS) is 10.6. The molecule has 12 heteroatoms. The van der Waals surface area contributed by atoms with Crippen LogP contribution < -0.4 is 20.9 Å². The zero-order valence-electron chi connectivity index (χ0n) is 19.9. The minimum absolute atomic E-state index is 0.0708. The number of aromatic nitrogens is 4. The van der Waals surface area contributed by atoms with Crippen molar-refractivity contribution in [1.82, 2.24) is 18.7 Å². The minimum Gasteiger partial charge on any atom is -0.497 e. The molecule has 0 unspecified atom stereocenters. The number of fused-ring (bicyclic) bond motifs is 1. The smallest absolute Gasteiger partial charge is 0.323 e. The molecule has 5 aromatic rings. The summed E-state index contributed by atoms with van der Waals surface area (Å²) in [6, 6.07) is 19.4. The lowest BCUT2D eigenvalue weighted by atomic mass is 10.1. The average Bonchev–Trinajstić information content (AvgIpc) is 3.42. The van der Waals surface area contributed by atoms with Crippen molar-refractivity contribution in [3.8, 4) is 17.0 Å². The van der Waals surface area contributed by atoms with Gasteiger partial charge in [-0.3, -0.25) is 4.79 Å². The number of benzene rings is 3. The summed E-state index contributed by atoms with van der Waals surface area (Å²) in [7, 11) is 1.55. The van der Waals surface area contributed by atoms with Crippen LogP contribution in [0, 0.1) is 6.57 Å². The number of carbonyl (C=O) groups excluding carboxylic acids is 1. The molecule has 2 amide bonds. The van der Waals surface area contributed by atoms with Crippen molar-refractivity contribution in [2.45, 2.75) is 10.9 Å². The van der Waals surface area contributed by atoms with Crippen molar-refractivity contribution in [2.75, 3.05) is 17.7 Å². The molecule has 0 aliphatic heterocycles. The molecule has 5 rings (SSSR count). The van der Waals surface area contributed by atoms with Crippen LogP contribution in [-0.4, -0.2) is 31.9 Å². The van der Waals surface area contributed by atoms with E-state index < -0.39 is 5.56 Å². The van der Waals surface area contributed by atoms with Gasteiger partial charge in [0.05, 0.1) is 36.8 Å². The molecule has 188 valence electrons. The van der Waals surface area contributed by atoms with Crippen molar-refractivity contribution in [2.24, 2.45) is 0 Å². The second kappa shape index (κ2) is 11.1. The van der Waals surface area contributed by atoms with Crippen LogP contribution in [0.1, 0.15) is 5.56 Å². The molecule has 0 spiro atoms. The van der Waals surface area contributed by atoms with Gasteiger partial charge in [-0.15, -0.1) is 0 Å². The Morgan fingerprint density at radius 3 is 2.71 bits per heavy atom. The lowest BCUT2D eigenvalue weighted by molar-refractivity contribution is 0.262. The number of hydrogen-bond donors (Lipinski definition) is 3. The quantitative estimate of drug-likeness (QED) is 0.132. The summed E-state index contributed by atoms with van der Waals surface area (Å²) in [6.45, 7) is 7.43. The van der Waals surface area contributed by atoms with Gasteiger partial charge in [-0.2, -0.15) is 8.75 Å². The summed E-state index contributed by atoms with van der Waals surface area (Å²) in [5.74, 6) is 1.12. The second-order valence-electron chi connectivity index (χ2n) is 7.91. The first kappa shape index (κ1) is 24.9. The number of nitrogens with zero attached hydrogens (tertiary/aromatic N) is 4. The van der Waals surface area contributed by atoms with Gasteiger partial charge in [-0.05, 0) is 47.5 Å². The zero-order chi connectivity index (χ0) is 26.5. The van der Waals surface area contributed by atoms with Gasteiger partial charge in [0.2, 0.25) is 0 Å². The summed E-state index contributed by atoms with van der Waals surface area (Å²) in [4.78, 5) is 35.6. The van der Waals surface area contributed by atoms with E-state index in [9.17, 15) is 9.59 Å². The number of amides is 2. The van der Waals surface area contributed by atoms with E-state index in [0.717, 1.165) is 22.8 Å². The van der Waals surface area contributed by atoms with Crippen LogP contribution in [0.25, 0.3) is 27.1 Å². The molecule has 10 nitrogen and oxygen atoms in total. The molecule has 3 N–H and O–H groups in total. The van der Waals surface area contributed by atoms with Crippen molar-refractivity contribution in [3.05, 3.63) is 94.1 Å². The number of thioether (sulfide) groups is 1. The van der Waals surface area contributed by atoms with Crippen LogP contribution in [-0.2, 0) is 5.75 Å². The highest BCUT2D eigenvalue weighted by Crippen LogP contribution is 2.30. The monoisotopic (exact) mass is 541 g/mol. The lowest BCUT2D eigenvalue weighted by Crippen LogP contribution is -2.19. The van der Waals surface area contributed by atoms with E-state index in [2.05, 4.69) is 34.2 Å². The molecular formula is C26H19N7O3S2. The number of nitrogens with one attached hydrogen (secondary N) is 3. The molecule has 2 aromatic heterocycles. The van der Waals surface area contributed by atoms with Gasteiger partial charge in [0.25, 0.3) is 11.2 Å². The van der Waals surface area contributed by atoms with E-state index >= 15 is 0 Å². The summed E-state index contributed by atoms with van der Waals surface area (Å²) < 4.78 is 13.7.